The molecule has 1 aliphatic rings. The molecule has 29 heavy (non-hydrogen) atoms. The van der Waals surface area contributed by atoms with Crippen molar-refractivity contribution in [3.63, 3.8) is 0 Å². The van der Waals surface area contributed by atoms with Crippen LogP contribution in [-0.2, 0) is 11.2 Å². The van der Waals surface area contributed by atoms with E-state index in [1.807, 2.05) is 24.3 Å². The van der Waals surface area contributed by atoms with E-state index >= 15 is 0 Å². The molecule has 0 spiro atoms. The highest BCUT2D eigenvalue weighted by Gasteiger charge is 2.28. The normalized spacial score (nSPS) is 16.7. The van der Waals surface area contributed by atoms with Crippen LogP contribution in [0.2, 0.25) is 0 Å². The van der Waals surface area contributed by atoms with Crippen molar-refractivity contribution in [3.05, 3.63) is 65.7 Å². The third-order valence-corrected chi connectivity index (χ3v) is 5.27. The minimum Gasteiger partial charge on any atom is -0.355 e. The van der Waals surface area contributed by atoms with Crippen molar-refractivity contribution in [1.29, 1.82) is 0 Å². The zero-order valence-electron chi connectivity index (χ0n) is 16.0. The Kier molecular flexibility index (Phi) is 5.55. The molecule has 150 valence electrons. The highest BCUT2D eigenvalue weighted by atomic mass is 19.1. The number of benzene rings is 2. The number of piperidine rings is 1. The van der Waals surface area contributed by atoms with Gasteiger partial charge < -0.3 is 15.2 Å². The summed E-state index contributed by atoms with van der Waals surface area (Å²) in [6, 6.07) is 13.3. The molecule has 1 fully saturated rings. The van der Waals surface area contributed by atoms with Crippen molar-refractivity contribution < 1.29 is 14.0 Å². The van der Waals surface area contributed by atoms with Crippen LogP contribution >= 0.6 is 0 Å². The lowest BCUT2D eigenvalue weighted by molar-refractivity contribution is -0.126. The number of hydrogen-bond donors (Lipinski definition) is 2. The fourth-order valence-corrected chi connectivity index (χ4v) is 3.72. The van der Waals surface area contributed by atoms with Crippen LogP contribution < -0.4 is 5.32 Å². The number of imidazole rings is 1. The molecule has 1 aromatic heterocycles. The van der Waals surface area contributed by atoms with Gasteiger partial charge in [0, 0.05) is 31.6 Å². The Morgan fingerprint density at radius 2 is 1.97 bits per heavy atom. The number of fused-ring (bicyclic) bond motifs is 1. The lowest BCUT2D eigenvalue weighted by Crippen LogP contribution is -2.45. The van der Waals surface area contributed by atoms with E-state index < -0.39 is 0 Å². The Labute approximate surface area is 168 Å². The molecule has 2 heterocycles. The second kappa shape index (κ2) is 8.43. The summed E-state index contributed by atoms with van der Waals surface area (Å²) in [4.78, 5) is 34.6. The SMILES string of the molecule is O=C(NCCc1nc2ccccc2[nH]1)C1CCCN(C(=O)c2ccc(F)cc2)C1. The molecular formula is C22H23FN4O2. The molecule has 6 nitrogen and oxygen atoms in total. The Balaban J connectivity index is 1.30. The summed E-state index contributed by atoms with van der Waals surface area (Å²) >= 11 is 0. The molecule has 4 rings (SSSR count). The molecule has 1 unspecified atom stereocenters. The first-order valence-corrected chi connectivity index (χ1v) is 9.86. The molecule has 0 radical (unpaired) electrons. The summed E-state index contributed by atoms with van der Waals surface area (Å²) in [7, 11) is 0. The van der Waals surface area contributed by atoms with E-state index in [9.17, 15) is 14.0 Å². The third kappa shape index (κ3) is 4.45. The number of nitrogens with zero attached hydrogens (tertiary/aromatic N) is 2. The van der Waals surface area contributed by atoms with Gasteiger partial charge in [0.25, 0.3) is 5.91 Å². The van der Waals surface area contributed by atoms with Crippen LogP contribution in [0, 0.1) is 11.7 Å². The van der Waals surface area contributed by atoms with Crippen LogP contribution in [0.4, 0.5) is 4.39 Å². The zero-order chi connectivity index (χ0) is 20.2. The summed E-state index contributed by atoms with van der Waals surface area (Å²) in [6.07, 6.45) is 2.14. The van der Waals surface area contributed by atoms with Gasteiger partial charge in [-0.1, -0.05) is 12.1 Å². The summed E-state index contributed by atoms with van der Waals surface area (Å²) in [5.41, 5.74) is 2.34. The molecule has 0 bridgehead atoms. The van der Waals surface area contributed by atoms with E-state index in [2.05, 4.69) is 15.3 Å². The van der Waals surface area contributed by atoms with Crippen molar-refractivity contribution >= 4 is 22.8 Å². The number of carbonyl (C=O) groups excluding carboxylic acids is 2. The number of amides is 2. The fourth-order valence-electron chi connectivity index (χ4n) is 3.72. The molecule has 0 aliphatic carbocycles. The van der Waals surface area contributed by atoms with Crippen molar-refractivity contribution in [2.45, 2.75) is 19.3 Å². The quantitative estimate of drug-likeness (QED) is 0.699. The van der Waals surface area contributed by atoms with Crippen molar-refractivity contribution in [3.8, 4) is 0 Å². The Hall–Kier alpha value is -3.22. The second-order valence-electron chi connectivity index (χ2n) is 7.34. The van der Waals surface area contributed by atoms with Crippen molar-refractivity contribution in [1.82, 2.24) is 20.2 Å². The number of aromatic nitrogens is 2. The van der Waals surface area contributed by atoms with Gasteiger partial charge in [-0.15, -0.1) is 0 Å². The minimum atomic E-state index is -0.373. The number of nitrogens with one attached hydrogen (secondary N) is 2. The van der Waals surface area contributed by atoms with Crippen LogP contribution in [0.15, 0.2) is 48.5 Å². The van der Waals surface area contributed by atoms with E-state index in [0.29, 0.717) is 31.6 Å². The molecule has 2 N–H and O–H groups in total. The molecule has 2 amide bonds. The van der Waals surface area contributed by atoms with Crippen LogP contribution in [0.1, 0.15) is 29.0 Å². The van der Waals surface area contributed by atoms with Gasteiger partial charge >= 0.3 is 0 Å². The van der Waals surface area contributed by atoms with E-state index in [0.717, 1.165) is 29.7 Å². The van der Waals surface area contributed by atoms with E-state index in [1.54, 1.807) is 4.90 Å². The first-order valence-electron chi connectivity index (χ1n) is 9.86. The Morgan fingerprint density at radius 3 is 2.76 bits per heavy atom. The van der Waals surface area contributed by atoms with E-state index in [-0.39, 0.29) is 23.5 Å². The molecule has 1 saturated heterocycles. The smallest absolute Gasteiger partial charge is 0.253 e. The van der Waals surface area contributed by atoms with Crippen LogP contribution in [0.5, 0.6) is 0 Å². The maximum Gasteiger partial charge on any atom is 0.253 e. The summed E-state index contributed by atoms with van der Waals surface area (Å²) in [6.45, 7) is 1.48. The molecular weight excluding hydrogens is 371 g/mol. The number of likely N-dealkylation sites (tertiary alicyclic amines) is 1. The maximum absolute atomic E-state index is 13.1. The average Bonchev–Trinajstić information content (AvgIpc) is 3.16. The first-order chi connectivity index (χ1) is 14.1. The largest absolute Gasteiger partial charge is 0.355 e. The molecule has 1 aliphatic heterocycles. The first kappa shape index (κ1) is 19.1. The van der Waals surface area contributed by atoms with E-state index in [1.165, 1.54) is 24.3 Å². The summed E-state index contributed by atoms with van der Waals surface area (Å²) in [5, 5.41) is 2.97. The maximum atomic E-state index is 13.1. The van der Waals surface area contributed by atoms with Gasteiger partial charge in [-0.3, -0.25) is 9.59 Å². The van der Waals surface area contributed by atoms with Crippen molar-refractivity contribution in [2.24, 2.45) is 5.92 Å². The van der Waals surface area contributed by atoms with Crippen LogP contribution in [0.25, 0.3) is 11.0 Å². The van der Waals surface area contributed by atoms with Gasteiger partial charge in [-0.2, -0.15) is 0 Å². The number of rotatable bonds is 5. The molecule has 7 heteroatoms. The average molecular weight is 394 g/mol. The topological polar surface area (TPSA) is 78.1 Å². The highest BCUT2D eigenvalue weighted by molar-refractivity contribution is 5.94. The fraction of sp³-hybridized carbons (Fsp3) is 0.318. The van der Waals surface area contributed by atoms with Gasteiger partial charge in [0.1, 0.15) is 11.6 Å². The molecule has 2 aromatic carbocycles. The number of carbonyl (C=O) groups is 2. The number of halogens is 1. The minimum absolute atomic E-state index is 0.0438. The third-order valence-electron chi connectivity index (χ3n) is 5.27. The van der Waals surface area contributed by atoms with Gasteiger partial charge in [-0.05, 0) is 49.2 Å². The predicted molar refractivity (Wildman–Crippen MR) is 108 cm³/mol. The standard InChI is InChI=1S/C22H23FN4O2/c23-17-9-7-15(8-10-17)22(29)27-13-3-4-16(14-27)21(28)24-12-11-20-25-18-5-1-2-6-19(18)26-20/h1-2,5-10,16H,3-4,11-14H2,(H,24,28)(H,25,26). The van der Waals surface area contributed by atoms with E-state index in [4.69, 9.17) is 0 Å². The highest BCUT2D eigenvalue weighted by Crippen LogP contribution is 2.19. The van der Waals surface area contributed by atoms with Crippen molar-refractivity contribution in [2.75, 3.05) is 19.6 Å². The van der Waals surface area contributed by atoms with Crippen LogP contribution in [0.3, 0.4) is 0 Å². The van der Waals surface area contributed by atoms with Gasteiger partial charge in [-0.25, -0.2) is 9.37 Å². The number of aromatic amines is 1. The summed E-state index contributed by atoms with van der Waals surface area (Å²) < 4.78 is 13.1. The summed E-state index contributed by atoms with van der Waals surface area (Å²) in [5.74, 6) is 0.0245. The number of hydrogen-bond acceptors (Lipinski definition) is 3. The lowest BCUT2D eigenvalue weighted by atomic mass is 9.96. The number of H-pyrrole nitrogens is 1. The van der Waals surface area contributed by atoms with Gasteiger partial charge in [0.05, 0.1) is 17.0 Å². The Morgan fingerprint density at radius 1 is 1.17 bits per heavy atom. The molecule has 0 saturated carbocycles. The second-order valence-corrected chi connectivity index (χ2v) is 7.34. The molecule has 3 aromatic rings. The Bertz CT molecular complexity index is 982. The van der Waals surface area contributed by atoms with Crippen LogP contribution in [-0.4, -0.2) is 46.3 Å². The molecule has 1 atom stereocenters. The zero-order valence-corrected chi connectivity index (χ0v) is 16.0. The van der Waals surface area contributed by atoms with Gasteiger partial charge in [0.2, 0.25) is 5.91 Å². The van der Waals surface area contributed by atoms with Gasteiger partial charge in [0.15, 0.2) is 0 Å². The number of para-hydroxylation sites is 2. The predicted octanol–water partition coefficient (Wildman–Crippen LogP) is 2.91. The lowest BCUT2D eigenvalue weighted by Gasteiger charge is -2.32. The monoisotopic (exact) mass is 394 g/mol.